The standard InChI is InChI=1S/C19H15BrClNO2/c20-15-8-18-17(23-9-24-18)7-14(15)19-12-3-1-2-11(12)13-6-10(21)4-5-16(13)22-19/h1-2,4-8,11-12,19,22H,3,9H2/t11-,12+,19+/m1/s1. The van der Waals surface area contributed by atoms with Crippen LogP contribution in [-0.4, -0.2) is 6.79 Å². The monoisotopic (exact) mass is 403 g/mol. The van der Waals surface area contributed by atoms with Gasteiger partial charge in [-0.05, 0) is 53.8 Å². The number of rotatable bonds is 1. The predicted octanol–water partition coefficient (Wildman–Crippen LogP) is 5.66. The van der Waals surface area contributed by atoms with Crippen LogP contribution in [0.25, 0.3) is 0 Å². The third kappa shape index (κ3) is 2.16. The molecule has 5 rings (SSSR count). The highest BCUT2D eigenvalue weighted by Crippen LogP contribution is 2.52. The van der Waals surface area contributed by atoms with Gasteiger partial charge in [-0.25, -0.2) is 0 Å². The zero-order chi connectivity index (χ0) is 16.3. The first-order chi connectivity index (χ1) is 11.7. The molecule has 1 aliphatic carbocycles. The maximum atomic E-state index is 6.22. The molecule has 2 aromatic carbocycles. The van der Waals surface area contributed by atoms with Crippen molar-refractivity contribution in [2.45, 2.75) is 18.4 Å². The Morgan fingerprint density at radius 2 is 1.92 bits per heavy atom. The summed E-state index contributed by atoms with van der Waals surface area (Å²) in [6.45, 7) is 0.290. The molecule has 0 saturated carbocycles. The molecule has 0 radical (unpaired) electrons. The van der Waals surface area contributed by atoms with Gasteiger partial charge < -0.3 is 14.8 Å². The second-order valence-electron chi connectivity index (χ2n) is 6.43. The Labute approximate surface area is 153 Å². The lowest BCUT2D eigenvalue weighted by atomic mass is 9.77. The van der Waals surface area contributed by atoms with E-state index in [1.54, 1.807) is 0 Å². The number of fused-ring (bicyclic) bond motifs is 4. The summed E-state index contributed by atoms with van der Waals surface area (Å²) in [7, 11) is 0. The molecule has 3 nitrogen and oxygen atoms in total. The summed E-state index contributed by atoms with van der Waals surface area (Å²) < 4.78 is 12.1. The van der Waals surface area contributed by atoms with Crippen molar-refractivity contribution in [3.8, 4) is 11.5 Å². The molecule has 122 valence electrons. The smallest absolute Gasteiger partial charge is 0.231 e. The van der Waals surface area contributed by atoms with E-state index in [0.717, 1.165) is 33.1 Å². The van der Waals surface area contributed by atoms with E-state index in [1.807, 2.05) is 12.1 Å². The first-order valence-electron chi connectivity index (χ1n) is 8.02. The van der Waals surface area contributed by atoms with Crippen molar-refractivity contribution in [1.82, 2.24) is 0 Å². The fourth-order valence-corrected chi connectivity index (χ4v) is 4.79. The lowest BCUT2D eigenvalue weighted by molar-refractivity contribution is 0.174. The van der Waals surface area contributed by atoms with E-state index < -0.39 is 0 Å². The molecule has 3 aliphatic rings. The lowest BCUT2D eigenvalue weighted by Crippen LogP contribution is -2.29. The first kappa shape index (κ1) is 14.7. The van der Waals surface area contributed by atoms with Crippen molar-refractivity contribution in [3.05, 3.63) is 63.1 Å². The van der Waals surface area contributed by atoms with Crippen LogP contribution in [0.4, 0.5) is 5.69 Å². The molecule has 24 heavy (non-hydrogen) atoms. The summed E-state index contributed by atoms with van der Waals surface area (Å²) in [6, 6.07) is 10.4. The summed E-state index contributed by atoms with van der Waals surface area (Å²) in [5.41, 5.74) is 3.65. The molecule has 0 unspecified atom stereocenters. The molecule has 0 amide bonds. The molecule has 5 heteroatoms. The van der Waals surface area contributed by atoms with E-state index in [0.29, 0.717) is 11.8 Å². The molecule has 2 heterocycles. The van der Waals surface area contributed by atoms with Gasteiger partial charge in [-0.15, -0.1) is 0 Å². The summed E-state index contributed by atoms with van der Waals surface area (Å²) >= 11 is 9.94. The van der Waals surface area contributed by atoms with E-state index in [4.69, 9.17) is 21.1 Å². The maximum Gasteiger partial charge on any atom is 0.231 e. The first-order valence-corrected chi connectivity index (χ1v) is 9.19. The normalized spacial score (nSPS) is 26.0. The number of hydrogen-bond acceptors (Lipinski definition) is 3. The molecule has 0 spiro atoms. The van der Waals surface area contributed by atoms with Gasteiger partial charge in [0.1, 0.15) is 0 Å². The summed E-state index contributed by atoms with van der Waals surface area (Å²) in [5, 5.41) is 4.51. The van der Waals surface area contributed by atoms with Crippen LogP contribution >= 0.6 is 27.5 Å². The molecule has 0 aromatic heterocycles. The lowest BCUT2D eigenvalue weighted by Gasteiger charge is -2.38. The SMILES string of the molecule is Clc1ccc2c(c1)[C@@H]1C=CC[C@@H]1[C@@H](c1cc3c(cc1Br)OCO3)N2. The van der Waals surface area contributed by atoms with Gasteiger partial charge in [-0.1, -0.05) is 39.7 Å². The summed E-state index contributed by atoms with van der Waals surface area (Å²) in [4.78, 5) is 0. The Balaban J connectivity index is 1.61. The molecule has 0 fully saturated rings. The maximum absolute atomic E-state index is 6.22. The Morgan fingerprint density at radius 3 is 2.79 bits per heavy atom. The fraction of sp³-hybridized carbons (Fsp3) is 0.263. The van der Waals surface area contributed by atoms with Gasteiger partial charge in [0.05, 0.1) is 6.04 Å². The van der Waals surface area contributed by atoms with Gasteiger partial charge >= 0.3 is 0 Å². The van der Waals surface area contributed by atoms with E-state index in [1.165, 1.54) is 11.1 Å². The van der Waals surface area contributed by atoms with Crippen LogP contribution in [0.2, 0.25) is 5.02 Å². The van der Waals surface area contributed by atoms with Crippen LogP contribution < -0.4 is 14.8 Å². The van der Waals surface area contributed by atoms with Crippen molar-refractivity contribution in [2.75, 3.05) is 12.1 Å². The van der Waals surface area contributed by atoms with Crippen LogP contribution in [-0.2, 0) is 0 Å². The number of benzene rings is 2. The quantitative estimate of drug-likeness (QED) is 0.622. The molecule has 1 N–H and O–H groups in total. The van der Waals surface area contributed by atoms with Crippen molar-refractivity contribution >= 4 is 33.2 Å². The third-order valence-electron chi connectivity index (χ3n) is 5.15. The zero-order valence-electron chi connectivity index (χ0n) is 12.8. The highest BCUT2D eigenvalue weighted by molar-refractivity contribution is 9.10. The van der Waals surface area contributed by atoms with Crippen molar-refractivity contribution in [1.29, 1.82) is 0 Å². The van der Waals surface area contributed by atoms with Gasteiger partial charge in [-0.3, -0.25) is 0 Å². The largest absolute Gasteiger partial charge is 0.454 e. The fourth-order valence-electron chi connectivity index (χ4n) is 4.04. The van der Waals surface area contributed by atoms with Crippen LogP contribution in [0.15, 0.2) is 47.0 Å². The topological polar surface area (TPSA) is 30.5 Å². The molecular formula is C19H15BrClNO2. The van der Waals surface area contributed by atoms with Crippen LogP contribution in [0.1, 0.15) is 29.5 Å². The summed E-state index contributed by atoms with van der Waals surface area (Å²) in [6.07, 6.45) is 5.64. The number of nitrogens with one attached hydrogen (secondary N) is 1. The van der Waals surface area contributed by atoms with Gasteiger partial charge in [0.25, 0.3) is 0 Å². The molecule has 2 aromatic rings. The van der Waals surface area contributed by atoms with Crippen LogP contribution in [0, 0.1) is 5.92 Å². The van der Waals surface area contributed by atoms with Crippen LogP contribution in [0.3, 0.4) is 0 Å². The number of ether oxygens (including phenoxy) is 2. The second-order valence-corrected chi connectivity index (χ2v) is 7.72. The minimum atomic E-state index is 0.211. The van der Waals surface area contributed by atoms with Gasteiger partial charge in [0.15, 0.2) is 11.5 Å². The highest BCUT2D eigenvalue weighted by atomic mass is 79.9. The van der Waals surface area contributed by atoms with Gasteiger partial charge in [0, 0.05) is 21.1 Å². The van der Waals surface area contributed by atoms with Gasteiger partial charge in [0.2, 0.25) is 6.79 Å². The molecule has 0 bridgehead atoms. The average Bonchev–Trinajstić information content (AvgIpc) is 3.22. The van der Waals surface area contributed by atoms with Crippen molar-refractivity contribution < 1.29 is 9.47 Å². The number of anilines is 1. The molecule has 2 aliphatic heterocycles. The Bertz CT molecular complexity index is 867. The average molecular weight is 405 g/mol. The Morgan fingerprint density at radius 1 is 1.08 bits per heavy atom. The zero-order valence-corrected chi connectivity index (χ0v) is 15.1. The number of hydrogen-bond donors (Lipinski definition) is 1. The minimum absolute atomic E-state index is 0.211. The van der Waals surface area contributed by atoms with E-state index in [9.17, 15) is 0 Å². The number of allylic oxidation sites excluding steroid dienone is 2. The van der Waals surface area contributed by atoms with Gasteiger partial charge in [-0.2, -0.15) is 0 Å². The van der Waals surface area contributed by atoms with E-state index >= 15 is 0 Å². The Hall–Kier alpha value is -1.65. The van der Waals surface area contributed by atoms with E-state index in [2.05, 4.69) is 51.6 Å². The molecule has 0 saturated heterocycles. The predicted molar refractivity (Wildman–Crippen MR) is 98.1 cm³/mol. The molecule has 3 atom stereocenters. The Kier molecular flexibility index (Phi) is 3.32. The molecular weight excluding hydrogens is 390 g/mol. The minimum Gasteiger partial charge on any atom is -0.454 e. The third-order valence-corrected chi connectivity index (χ3v) is 6.07. The second kappa shape index (κ2) is 5.43. The van der Waals surface area contributed by atoms with Crippen molar-refractivity contribution in [2.24, 2.45) is 5.92 Å². The van der Waals surface area contributed by atoms with Crippen LogP contribution in [0.5, 0.6) is 11.5 Å². The van der Waals surface area contributed by atoms with Crippen molar-refractivity contribution in [3.63, 3.8) is 0 Å². The number of halogens is 2. The van der Waals surface area contributed by atoms with E-state index in [-0.39, 0.29) is 12.8 Å². The highest BCUT2D eigenvalue weighted by Gasteiger charge is 2.39. The summed E-state index contributed by atoms with van der Waals surface area (Å²) in [5.74, 6) is 2.48.